The second-order valence-electron chi connectivity index (χ2n) is 6.11. The Morgan fingerprint density at radius 1 is 1.35 bits per heavy atom. The first-order chi connectivity index (χ1) is 9.77. The molecular formula is C15H24N2O2S. The molecule has 0 radical (unpaired) electrons. The third kappa shape index (κ3) is 3.40. The van der Waals surface area contributed by atoms with Gasteiger partial charge < -0.3 is 14.8 Å². The van der Waals surface area contributed by atoms with Crippen LogP contribution in [-0.4, -0.2) is 57.5 Å². The first-order valence-corrected chi connectivity index (χ1v) is 8.28. The lowest BCUT2D eigenvalue weighted by molar-refractivity contribution is -0.0996. The lowest BCUT2D eigenvalue weighted by Crippen LogP contribution is -2.49. The Labute approximate surface area is 125 Å². The molecule has 0 amide bonds. The highest BCUT2D eigenvalue weighted by atomic mass is 32.1. The molecule has 1 aromatic heterocycles. The summed E-state index contributed by atoms with van der Waals surface area (Å²) in [5.41, 5.74) is 0.338. The van der Waals surface area contributed by atoms with Crippen molar-refractivity contribution in [3.8, 4) is 0 Å². The number of morpholine rings is 1. The zero-order chi connectivity index (χ0) is 13.8. The molecule has 1 atom stereocenters. The fourth-order valence-electron chi connectivity index (χ4n) is 2.84. The number of hydrogen-bond donors (Lipinski definition) is 1. The quantitative estimate of drug-likeness (QED) is 0.867. The van der Waals surface area contributed by atoms with Crippen molar-refractivity contribution in [2.45, 2.75) is 13.0 Å². The SMILES string of the molecule is CC1(CNC[C@@H](c2cccs2)N2CCOCC2)COC1. The number of hydrogen-bond acceptors (Lipinski definition) is 5. The summed E-state index contributed by atoms with van der Waals surface area (Å²) in [5.74, 6) is 0. The average Bonchev–Trinajstić information content (AvgIpc) is 2.96. The van der Waals surface area contributed by atoms with Crippen molar-refractivity contribution >= 4 is 11.3 Å². The van der Waals surface area contributed by atoms with Gasteiger partial charge in [-0.2, -0.15) is 0 Å². The van der Waals surface area contributed by atoms with Crippen LogP contribution < -0.4 is 5.32 Å². The Hall–Kier alpha value is -0.460. The van der Waals surface area contributed by atoms with Crippen LogP contribution in [0.4, 0.5) is 0 Å². The molecule has 2 aliphatic heterocycles. The highest BCUT2D eigenvalue weighted by molar-refractivity contribution is 7.10. The van der Waals surface area contributed by atoms with Crippen molar-refractivity contribution in [3.05, 3.63) is 22.4 Å². The average molecular weight is 296 g/mol. The standard InChI is InChI=1S/C15H24N2O2S/c1-15(11-19-12-15)10-16-9-13(14-3-2-8-20-14)17-4-6-18-7-5-17/h2-3,8,13,16H,4-7,9-12H2,1H3/t13-/m0/s1. The van der Waals surface area contributed by atoms with E-state index in [0.29, 0.717) is 11.5 Å². The number of nitrogens with one attached hydrogen (secondary N) is 1. The number of rotatable bonds is 6. The smallest absolute Gasteiger partial charge is 0.0594 e. The molecule has 112 valence electrons. The molecular weight excluding hydrogens is 272 g/mol. The van der Waals surface area contributed by atoms with Gasteiger partial charge in [0.1, 0.15) is 0 Å². The molecule has 1 aromatic rings. The molecule has 20 heavy (non-hydrogen) atoms. The van der Waals surface area contributed by atoms with E-state index >= 15 is 0 Å². The summed E-state index contributed by atoms with van der Waals surface area (Å²) in [5, 5.41) is 5.83. The maximum atomic E-state index is 5.48. The predicted octanol–water partition coefficient (Wildman–Crippen LogP) is 1.75. The Bertz CT molecular complexity index is 400. The molecule has 3 rings (SSSR count). The van der Waals surface area contributed by atoms with Crippen LogP contribution in [0, 0.1) is 5.41 Å². The summed E-state index contributed by atoms with van der Waals surface area (Å²) >= 11 is 1.86. The predicted molar refractivity (Wildman–Crippen MR) is 81.2 cm³/mol. The van der Waals surface area contributed by atoms with E-state index in [0.717, 1.165) is 52.6 Å². The molecule has 0 unspecified atom stereocenters. The third-order valence-electron chi connectivity index (χ3n) is 4.15. The van der Waals surface area contributed by atoms with Gasteiger partial charge in [0.25, 0.3) is 0 Å². The van der Waals surface area contributed by atoms with Gasteiger partial charge in [0.15, 0.2) is 0 Å². The second-order valence-corrected chi connectivity index (χ2v) is 7.09. The molecule has 1 N–H and O–H groups in total. The summed E-state index contributed by atoms with van der Waals surface area (Å²) in [4.78, 5) is 4.00. The molecule has 0 aromatic carbocycles. The third-order valence-corrected chi connectivity index (χ3v) is 5.12. The minimum atomic E-state index is 0.338. The maximum Gasteiger partial charge on any atom is 0.0594 e. The van der Waals surface area contributed by atoms with Gasteiger partial charge in [-0.15, -0.1) is 11.3 Å². The van der Waals surface area contributed by atoms with E-state index in [1.165, 1.54) is 4.88 Å². The van der Waals surface area contributed by atoms with Crippen LogP contribution in [0.15, 0.2) is 17.5 Å². The van der Waals surface area contributed by atoms with Gasteiger partial charge in [0, 0.05) is 36.5 Å². The summed E-state index contributed by atoms with van der Waals surface area (Å²) in [6.45, 7) is 9.90. The van der Waals surface area contributed by atoms with Crippen LogP contribution in [0.1, 0.15) is 17.8 Å². The van der Waals surface area contributed by atoms with Gasteiger partial charge in [0.2, 0.25) is 0 Å². The highest BCUT2D eigenvalue weighted by Gasteiger charge is 2.33. The summed E-state index contributed by atoms with van der Waals surface area (Å²) in [7, 11) is 0. The monoisotopic (exact) mass is 296 g/mol. The van der Waals surface area contributed by atoms with E-state index in [1.54, 1.807) is 0 Å². The lowest BCUT2D eigenvalue weighted by atomic mass is 9.88. The van der Waals surface area contributed by atoms with E-state index in [9.17, 15) is 0 Å². The highest BCUT2D eigenvalue weighted by Crippen LogP contribution is 2.27. The van der Waals surface area contributed by atoms with Gasteiger partial charge in [-0.25, -0.2) is 0 Å². The van der Waals surface area contributed by atoms with E-state index in [4.69, 9.17) is 9.47 Å². The number of nitrogens with zero attached hydrogens (tertiary/aromatic N) is 1. The number of thiophene rings is 1. The Morgan fingerprint density at radius 2 is 2.15 bits per heavy atom. The first-order valence-electron chi connectivity index (χ1n) is 7.41. The molecule has 0 spiro atoms. The molecule has 5 heteroatoms. The summed E-state index contributed by atoms with van der Waals surface area (Å²) in [6, 6.07) is 4.87. The summed E-state index contributed by atoms with van der Waals surface area (Å²) in [6.07, 6.45) is 0. The first kappa shape index (κ1) is 14.5. The van der Waals surface area contributed by atoms with E-state index in [1.807, 2.05) is 11.3 Å². The molecule has 0 saturated carbocycles. The fourth-order valence-corrected chi connectivity index (χ4v) is 3.70. The number of ether oxygens (including phenoxy) is 2. The minimum absolute atomic E-state index is 0.338. The molecule has 0 bridgehead atoms. The molecule has 2 saturated heterocycles. The lowest BCUT2D eigenvalue weighted by Gasteiger charge is -2.39. The van der Waals surface area contributed by atoms with Gasteiger partial charge in [0.05, 0.1) is 32.5 Å². The van der Waals surface area contributed by atoms with Gasteiger partial charge in [-0.3, -0.25) is 4.90 Å². The van der Waals surface area contributed by atoms with Crippen molar-refractivity contribution in [2.24, 2.45) is 5.41 Å². The Morgan fingerprint density at radius 3 is 2.75 bits per heavy atom. The zero-order valence-electron chi connectivity index (χ0n) is 12.1. The second kappa shape index (κ2) is 6.54. The van der Waals surface area contributed by atoms with E-state index < -0.39 is 0 Å². The van der Waals surface area contributed by atoms with Gasteiger partial charge >= 0.3 is 0 Å². The Balaban J connectivity index is 1.57. The van der Waals surface area contributed by atoms with E-state index in [-0.39, 0.29) is 0 Å². The maximum absolute atomic E-state index is 5.48. The van der Waals surface area contributed by atoms with Crippen LogP contribution in [-0.2, 0) is 9.47 Å². The largest absolute Gasteiger partial charge is 0.380 e. The van der Waals surface area contributed by atoms with E-state index in [2.05, 4.69) is 34.7 Å². The molecule has 2 aliphatic rings. The normalized spacial score (nSPS) is 24.2. The van der Waals surface area contributed by atoms with Crippen molar-refractivity contribution in [1.82, 2.24) is 10.2 Å². The zero-order valence-corrected chi connectivity index (χ0v) is 13.0. The topological polar surface area (TPSA) is 33.7 Å². The van der Waals surface area contributed by atoms with Crippen molar-refractivity contribution in [3.63, 3.8) is 0 Å². The van der Waals surface area contributed by atoms with Crippen LogP contribution in [0.2, 0.25) is 0 Å². The van der Waals surface area contributed by atoms with Crippen molar-refractivity contribution in [1.29, 1.82) is 0 Å². The van der Waals surface area contributed by atoms with Crippen LogP contribution in [0.3, 0.4) is 0 Å². The van der Waals surface area contributed by atoms with Crippen molar-refractivity contribution in [2.75, 3.05) is 52.6 Å². The fraction of sp³-hybridized carbons (Fsp3) is 0.733. The molecule has 4 nitrogen and oxygen atoms in total. The van der Waals surface area contributed by atoms with Crippen LogP contribution in [0.25, 0.3) is 0 Å². The van der Waals surface area contributed by atoms with Crippen LogP contribution >= 0.6 is 11.3 Å². The molecule has 0 aliphatic carbocycles. The van der Waals surface area contributed by atoms with Crippen molar-refractivity contribution < 1.29 is 9.47 Å². The van der Waals surface area contributed by atoms with Gasteiger partial charge in [-0.1, -0.05) is 13.0 Å². The van der Waals surface area contributed by atoms with Gasteiger partial charge in [-0.05, 0) is 11.4 Å². The summed E-state index contributed by atoms with van der Waals surface area (Å²) < 4.78 is 10.8. The molecule has 3 heterocycles. The minimum Gasteiger partial charge on any atom is -0.380 e. The Kier molecular flexibility index (Phi) is 4.73. The molecule has 2 fully saturated rings. The van der Waals surface area contributed by atoms with Crippen LogP contribution in [0.5, 0.6) is 0 Å².